The molecule has 1 atom stereocenters. The Balaban J connectivity index is 1.93. The van der Waals surface area contributed by atoms with Crippen LogP contribution in [0, 0.1) is 6.92 Å². The normalized spacial score (nSPS) is 18.2. The van der Waals surface area contributed by atoms with E-state index in [0.29, 0.717) is 17.6 Å². The summed E-state index contributed by atoms with van der Waals surface area (Å²) >= 11 is 6.09. The van der Waals surface area contributed by atoms with Crippen molar-refractivity contribution in [1.29, 1.82) is 0 Å². The van der Waals surface area contributed by atoms with Crippen LogP contribution in [0.3, 0.4) is 0 Å². The second kappa shape index (κ2) is 7.78. The third-order valence-electron chi connectivity index (χ3n) is 3.86. The number of rotatable bonds is 6. The number of carbonyl (C=O) groups excluding carboxylic acids is 1. The lowest BCUT2D eigenvalue weighted by Gasteiger charge is -2.27. The highest BCUT2D eigenvalue weighted by molar-refractivity contribution is 6.31. The lowest BCUT2D eigenvalue weighted by Crippen LogP contribution is -2.42. The van der Waals surface area contributed by atoms with Gasteiger partial charge in [-0.25, -0.2) is 0 Å². The summed E-state index contributed by atoms with van der Waals surface area (Å²) in [6.45, 7) is 7.50. The van der Waals surface area contributed by atoms with Crippen LogP contribution in [0.15, 0.2) is 18.2 Å². The number of amides is 1. The number of halogens is 1. The van der Waals surface area contributed by atoms with Gasteiger partial charge in [0.15, 0.2) is 0 Å². The molecule has 5 heteroatoms. The van der Waals surface area contributed by atoms with E-state index in [-0.39, 0.29) is 5.91 Å². The summed E-state index contributed by atoms with van der Waals surface area (Å²) in [5.41, 5.74) is 1.77. The lowest BCUT2D eigenvalue weighted by atomic mass is 10.2. The molecule has 1 fully saturated rings. The molecule has 0 saturated carbocycles. The lowest BCUT2D eigenvalue weighted by molar-refractivity contribution is -0.117. The molecule has 116 valence electrons. The minimum absolute atomic E-state index is 0.0234. The molecule has 0 aromatic heterocycles. The van der Waals surface area contributed by atoms with E-state index < -0.39 is 0 Å². The van der Waals surface area contributed by atoms with Crippen LogP contribution in [-0.2, 0) is 4.79 Å². The van der Waals surface area contributed by atoms with Gasteiger partial charge < -0.3 is 10.6 Å². The van der Waals surface area contributed by atoms with Gasteiger partial charge in [-0.3, -0.25) is 9.69 Å². The maximum Gasteiger partial charge on any atom is 0.238 e. The fourth-order valence-corrected chi connectivity index (χ4v) is 2.87. The van der Waals surface area contributed by atoms with Gasteiger partial charge in [0.25, 0.3) is 0 Å². The number of hydrogen-bond acceptors (Lipinski definition) is 3. The van der Waals surface area contributed by atoms with Crippen molar-refractivity contribution in [3.8, 4) is 0 Å². The molecule has 0 aliphatic carbocycles. The topological polar surface area (TPSA) is 44.4 Å². The maximum absolute atomic E-state index is 12.2. The van der Waals surface area contributed by atoms with Crippen molar-refractivity contribution in [2.45, 2.75) is 32.7 Å². The number of benzene rings is 1. The average Bonchev–Trinajstić information content (AvgIpc) is 2.96. The molecular formula is C16H24ClN3O. The molecule has 1 saturated heterocycles. The SMILES string of the molecule is CCCN(CC(=O)Nc1ccc(C)c(Cl)c1)C1CCNC1. The Morgan fingerprint density at radius 2 is 2.33 bits per heavy atom. The first-order valence-electron chi connectivity index (χ1n) is 7.61. The van der Waals surface area contributed by atoms with Crippen LogP contribution in [-0.4, -0.2) is 43.0 Å². The van der Waals surface area contributed by atoms with Crippen molar-refractivity contribution < 1.29 is 4.79 Å². The van der Waals surface area contributed by atoms with Gasteiger partial charge in [-0.05, 0) is 50.6 Å². The van der Waals surface area contributed by atoms with E-state index in [9.17, 15) is 4.79 Å². The predicted molar refractivity (Wildman–Crippen MR) is 88.0 cm³/mol. The van der Waals surface area contributed by atoms with Gasteiger partial charge in [-0.1, -0.05) is 24.6 Å². The fraction of sp³-hybridized carbons (Fsp3) is 0.562. The summed E-state index contributed by atoms with van der Waals surface area (Å²) in [5, 5.41) is 6.97. The maximum atomic E-state index is 12.2. The minimum atomic E-state index is 0.0234. The summed E-state index contributed by atoms with van der Waals surface area (Å²) in [5.74, 6) is 0.0234. The molecule has 1 amide bonds. The summed E-state index contributed by atoms with van der Waals surface area (Å²) in [6.07, 6.45) is 2.17. The zero-order valence-corrected chi connectivity index (χ0v) is 13.5. The van der Waals surface area contributed by atoms with Crippen LogP contribution in [0.2, 0.25) is 5.02 Å². The predicted octanol–water partition coefficient (Wildman–Crippen LogP) is 2.66. The van der Waals surface area contributed by atoms with Gasteiger partial charge in [0.2, 0.25) is 5.91 Å². The number of nitrogens with one attached hydrogen (secondary N) is 2. The Kier molecular flexibility index (Phi) is 6.03. The van der Waals surface area contributed by atoms with Gasteiger partial charge in [0.1, 0.15) is 0 Å². The van der Waals surface area contributed by atoms with Crippen molar-refractivity contribution in [3.05, 3.63) is 28.8 Å². The first-order chi connectivity index (χ1) is 10.1. The summed E-state index contributed by atoms with van der Waals surface area (Å²) in [4.78, 5) is 14.5. The van der Waals surface area contributed by atoms with Gasteiger partial charge in [-0.2, -0.15) is 0 Å². The van der Waals surface area contributed by atoms with E-state index in [1.165, 1.54) is 0 Å². The molecule has 1 aliphatic rings. The highest BCUT2D eigenvalue weighted by Crippen LogP contribution is 2.20. The Morgan fingerprint density at radius 1 is 1.52 bits per heavy atom. The highest BCUT2D eigenvalue weighted by Gasteiger charge is 2.23. The second-order valence-corrected chi connectivity index (χ2v) is 6.04. The summed E-state index contributed by atoms with van der Waals surface area (Å²) in [7, 11) is 0. The summed E-state index contributed by atoms with van der Waals surface area (Å²) < 4.78 is 0. The van der Waals surface area contributed by atoms with Gasteiger partial charge in [0.05, 0.1) is 6.54 Å². The molecule has 0 bridgehead atoms. The van der Waals surface area contributed by atoms with E-state index in [0.717, 1.165) is 43.7 Å². The quantitative estimate of drug-likeness (QED) is 0.849. The Hall–Kier alpha value is -1.10. The van der Waals surface area contributed by atoms with E-state index in [4.69, 9.17) is 11.6 Å². The van der Waals surface area contributed by atoms with Gasteiger partial charge in [0, 0.05) is 23.3 Å². The molecule has 2 N–H and O–H groups in total. The van der Waals surface area contributed by atoms with Crippen molar-refractivity contribution in [2.75, 3.05) is 31.5 Å². The van der Waals surface area contributed by atoms with Crippen molar-refractivity contribution >= 4 is 23.2 Å². The molecule has 1 aliphatic heterocycles. The monoisotopic (exact) mass is 309 g/mol. The Morgan fingerprint density at radius 3 is 2.95 bits per heavy atom. The molecule has 1 aromatic rings. The van der Waals surface area contributed by atoms with E-state index in [2.05, 4.69) is 22.5 Å². The molecule has 1 aromatic carbocycles. The summed E-state index contributed by atoms with van der Waals surface area (Å²) in [6, 6.07) is 6.08. The van der Waals surface area contributed by atoms with Gasteiger partial charge in [-0.15, -0.1) is 0 Å². The van der Waals surface area contributed by atoms with Crippen LogP contribution in [0.4, 0.5) is 5.69 Å². The smallest absolute Gasteiger partial charge is 0.238 e. The number of anilines is 1. The van der Waals surface area contributed by atoms with Crippen molar-refractivity contribution in [1.82, 2.24) is 10.2 Å². The number of aryl methyl sites for hydroxylation is 1. The number of carbonyl (C=O) groups is 1. The molecule has 4 nitrogen and oxygen atoms in total. The molecule has 0 radical (unpaired) electrons. The zero-order chi connectivity index (χ0) is 15.2. The molecule has 21 heavy (non-hydrogen) atoms. The highest BCUT2D eigenvalue weighted by atomic mass is 35.5. The molecule has 2 rings (SSSR count). The van der Waals surface area contributed by atoms with Crippen LogP contribution < -0.4 is 10.6 Å². The minimum Gasteiger partial charge on any atom is -0.325 e. The number of nitrogens with zero attached hydrogens (tertiary/aromatic N) is 1. The van der Waals surface area contributed by atoms with E-state index >= 15 is 0 Å². The molecule has 0 spiro atoms. The van der Waals surface area contributed by atoms with Crippen LogP contribution in [0.5, 0.6) is 0 Å². The first kappa shape index (κ1) is 16.3. The van der Waals surface area contributed by atoms with E-state index in [1.807, 2.05) is 19.1 Å². The Bertz CT molecular complexity index is 486. The van der Waals surface area contributed by atoms with Gasteiger partial charge >= 0.3 is 0 Å². The number of hydrogen-bond donors (Lipinski definition) is 2. The second-order valence-electron chi connectivity index (χ2n) is 5.63. The third kappa shape index (κ3) is 4.70. The van der Waals surface area contributed by atoms with Crippen LogP contribution in [0.1, 0.15) is 25.3 Å². The van der Waals surface area contributed by atoms with E-state index in [1.54, 1.807) is 6.07 Å². The molecule has 1 heterocycles. The molecular weight excluding hydrogens is 286 g/mol. The standard InChI is InChI=1S/C16H24ClN3O/c1-3-8-20(14-6-7-18-10-14)11-16(21)19-13-5-4-12(2)15(17)9-13/h4-5,9,14,18H,3,6-8,10-11H2,1-2H3,(H,19,21). The molecule has 1 unspecified atom stereocenters. The zero-order valence-electron chi connectivity index (χ0n) is 12.8. The van der Waals surface area contributed by atoms with Crippen molar-refractivity contribution in [3.63, 3.8) is 0 Å². The van der Waals surface area contributed by atoms with Crippen LogP contribution in [0.25, 0.3) is 0 Å². The fourth-order valence-electron chi connectivity index (χ4n) is 2.68. The third-order valence-corrected chi connectivity index (χ3v) is 4.27. The van der Waals surface area contributed by atoms with Crippen molar-refractivity contribution in [2.24, 2.45) is 0 Å². The average molecular weight is 310 g/mol. The largest absolute Gasteiger partial charge is 0.325 e. The Labute approximate surface area is 131 Å². The first-order valence-corrected chi connectivity index (χ1v) is 7.98. The van der Waals surface area contributed by atoms with Crippen LogP contribution >= 0.6 is 11.6 Å².